The van der Waals surface area contributed by atoms with Crippen LogP contribution < -0.4 is 4.90 Å². The van der Waals surface area contributed by atoms with E-state index < -0.39 is 24.1 Å². The number of nitrogens with zero attached hydrogens (tertiary/aromatic N) is 7. The van der Waals surface area contributed by atoms with Gasteiger partial charge in [0.25, 0.3) is 0 Å². The lowest BCUT2D eigenvalue weighted by molar-refractivity contribution is 0.0961. The summed E-state index contributed by atoms with van der Waals surface area (Å²) in [6.45, 7) is 0.0358. The average molecular weight is 425 g/mol. The average Bonchev–Trinajstić information content (AvgIpc) is 3.46. The summed E-state index contributed by atoms with van der Waals surface area (Å²) in [7, 11) is 1.41. The molecule has 3 aromatic rings. The van der Waals surface area contributed by atoms with Gasteiger partial charge in [-0.15, -0.1) is 5.10 Å². The van der Waals surface area contributed by atoms with E-state index in [0.717, 1.165) is 10.5 Å². The number of fused-ring (bicyclic) bond motifs is 3. The number of pyridine rings is 1. The van der Waals surface area contributed by atoms with Gasteiger partial charge in [-0.2, -0.15) is 4.68 Å². The number of likely N-dealkylation sites (N-methyl/N-ethyl adjacent to an activating group) is 1. The van der Waals surface area contributed by atoms with Crippen molar-refractivity contribution in [1.29, 1.82) is 0 Å². The highest BCUT2D eigenvalue weighted by Crippen LogP contribution is 2.41. The van der Waals surface area contributed by atoms with E-state index >= 15 is 0 Å². The number of hydrogen-bond acceptors (Lipinski definition) is 7. The SMILES string of the molecule is CN(C[C@@H]1OC(=O)N2c3cc(F)c(-c4ccc(-n5cnnn5)nc4)cc3C[C@@H]12)C(=O)O. The number of aromatic nitrogens is 5. The van der Waals surface area contributed by atoms with E-state index in [2.05, 4.69) is 20.5 Å². The fourth-order valence-electron chi connectivity index (χ4n) is 3.96. The number of hydrogen-bond donors (Lipinski definition) is 1. The Labute approximate surface area is 174 Å². The number of halogens is 1. The van der Waals surface area contributed by atoms with E-state index in [0.29, 0.717) is 29.1 Å². The lowest BCUT2D eigenvalue weighted by Crippen LogP contribution is -2.41. The van der Waals surface area contributed by atoms with Gasteiger partial charge in [0.05, 0.1) is 18.3 Å². The van der Waals surface area contributed by atoms with Crippen molar-refractivity contribution in [3.63, 3.8) is 0 Å². The fourth-order valence-corrected chi connectivity index (χ4v) is 3.96. The van der Waals surface area contributed by atoms with Crippen molar-refractivity contribution in [2.75, 3.05) is 18.5 Å². The first-order chi connectivity index (χ1) is 14.9. The van der Waals surface area contributed by atoms with Gasteiger partial charge in [0.15, 0.2) is 5.82 Å². The summed E-state index contributed by atoms with van der Waals surface area (Å²) in [5, 5.41) is 20.0. The standard InChI is InChI=1S/C19H16FN7O4/c1-25(18(28)29)8-16-15-5-11-4-12(13(20)6-14(11)27(15)19(30)31-16)10-2-3-17(21-7-10)26-9-22-23-24-26/h2-4,6-7,9,15-16H,5,8H2,1H3,(H,28,29)/t15-,16-/m0/s1. The molecule has 2 atom stereocenters. The van der Waals surface area contributed by atoms with Crippen LogP contribution in [0.15, 0.2) is 36.8 Å². The molecule has 31 heavy (non-hydrogen) atoms. The van der Waals surface area contributed by atoms with E-state index in [4.69, 9.17) is 9.84 Å². The van der Waals surface area contributed by atoms with Crippen LogP contribution in [0.1, 0.15) is 5.56 Å². The summed E-state index contributed by atoms with van der Waals surface area (Å²) >= 11 is 0. The van der Waals surface area contributed by atoms with Crippen molar-refractivity contribution in [3.8, 4) is 16.9 Å². The number of carbonyl (C=O) groups is 2. The second-order valence-corrected chi connectivity index (χ2v) is 7.35. The van der Waals surface area contributed by atoms with E-state index in [1.807, 2.05) is 0 Å². The maximum absolute atomic E-state index is 15.0. The zero-order chi connectivity index (χ0) is 21.7. The molecule has 0 spiro atoms. The largest absolute Gasteiger partial charge is 0.465 e. The van der Waals surface area contributed by atoms with Crippen LogP contribution in [0.4, 0.5) is 19.7 Å². The predicted molar refractivity (Wildman–Crippen MR) is 103 cm³/mol. The van der Waals surface area contributed by atoms with Gasteiger partial charge >= 0.3 is 12.2 Å². The van der Waals surface area contributed by atoms with Crippen LogP contribution in [0.25, 0.3) is 16.9 Å². The Hall–Kier alpha value is -4.09. The van der Waals surface area contributed by atoms with Gasteiger partial charge in [-0.05, 0) is 46.7 Å². The molecule has 11 nitrogen and oxygen atoms in total. The van der Waals surface area contributed by atoms with E-state index in [9.17, 15) is 14.0 Å². The molecule has 0 radical (unpaired) electrons. The van der Waals surface area contributed by atoms with E-state index in [1.54, 1.807) is 18.2 Å². The Morgan fingerprint density at radius 3 is 2.90 bits per heavy atom. The van der Waals surface area contributed by atoms with Crippen molar-refractivity contribution in [3.05, 3.63) is 48.2 Å². The first-order valence-electron chi connectivity index (χ1n) is 9.38. The molecule has 2 aromatic heterocycles. The molecule has 1 N–H and O–H groups in total. The molecule has 0 aliphatic carbocycles. The van der Waals surface area contributed by atoms with Gasteiger partial charge in [0, 0.05) is 24.4 Å². The number of ether oxygens (including phenoxy) is 1. The molecule has 12 heteroatoms. The third-order valence-electron chi connectivity index (χ3n) is 5.49. The highest BCUT2D eigenvalue weighted by molar-refractivity contribution is 5.94. The third-order valence-corrected chi connectivity index (χ3v) is 5.49. The maximum atomic E-state index is 15.0. The predicted octanol–water partition coefficient (Wildman–Crippen LogP) is 1.72. The third kappa shape index (κ3) is 3.12. The van der Waals surface area contributed by atoms with Crippen LogP contribution in [0.5, 0.6) is 0 Å². The first kappa shape index (κ1) is 18.9. The molecule has 158 valence electrons. The molecular weight excluding hydrogens is 409 g/mol. The second kappa shape index (κ2) is 7.00. The van der Waals surface area contributed by atoms with Crippen LogP contribution in [0.2, 0.25) is 0 Å². The quantitative estimate of drug-likeness (QED) is 0.670. The van der Waals surface area contributed by atoms with Gasteiger partial charge in [0.2, 0.25) is 0 Å². The van der Waals surface area contributed by atoms with Gasteiger partial charge in [-0.1, -0.05) is 0 Å². The van der Waals surface area contributed by atoms with Crippen molar-refractivity contribution in [2.45, 2.75) is 18.6 Å². The molecule has 1 saturated heterocycles. The summed E-state index contributed by atoms with van der Waals surface area (Å²) in [5.41, 5.74) is 2.14. The number of benzene rings is 1. The zero-order valence-corrected chi connectivity index (χ0v) is 16.2. The topological polar surface area (TPSA) is 127 Å². The number of anilines is 1. The highest BCUT2D eigenvalue weighted by Gasteiger charge is 2.48. The van der Waals surface area contributed by atoms with Crippen LogP contribution in [0.3, 0.4) is 0 Å². The Morgan fingerprint density at radius 1 is 1.39 bits per heavy atom. The number of cyclic esters (lactones) is 1. The van der Waals surface area contributed by atoms with Crippen molar-refractivity contribution in [2.24, 2.45) is 0 Å². The zero-order valence-electron chi connectivity index (χ0n) is 16.2. The monoisotopic (exact) mass is 425 g/mol. The maximum Gasteiger partial charge on any atom is 0.415 e. The number of tetrazole rings is 1. The van der Waals surface area contributed by atoms with Crippen LogP contribution in [0, 0.1) is 5.82 Å². The van der Waals surface area contributed by atoms with Crippen LogP contribution in [-0.2, 0) is 11.2 Å². The Kier molecular flexibility index (Phi) is 4.27. The molecule has 2 amide bonds. The van der Waals surface area contributed by atoms with E-state index in [-0.39, 0.29) is 12.6 Å². The summed E-state index contributed by atoms with van der Waals surface area (Å²) in [5.74, 6) is -0.0145. The molecule has 0 unspecified atom stereocenters. The minimum absolute atomic E-state index is 0.0358. The molecule has 1 fully saturated rings. The van der Waals surface area contributed by atoms with Crippen LogP contribution >= 0.6 is 0 Å². The summed E-state index contributed by atoms with van der Waals surface area (Å²) < 4.78 is 21.7. The van der Waals surface area contributed by atoms with Gasteiger partial charge < -0.3 is 14.7 Å². The highest BCUT2D eigenvalue weighted by atomic mass is 19.1. The summed E-state index contributed by atoms with van der Waals surface area (Å²) in [6, 6.07) is 6.00. The summed E-state index contributed by atoms with van der Waals surface area (Å²) in [6.07, 6.45) is 1.01. The molecule has 5 rings (SSSR count). The van der Waals surface area contributed by atoms with Gasteiger partial charge in [-0.25, -0.2) is 19.0 Å². The second-order valence-electron chi connectivity index (χ2n) is 7.35. The molecule has 0 saturated carbocycles. The van der Waals surface area contributed by atoms with Crippen molar-refractivity contribution in [1.82, 2.24) is 30.1 Å². The smallest absolute Gasteiger partial charge is 0.415 e. The molecule has 1 aromatic carbocycles. The molecule has 2 aliphatic rings. The Balaban J connectivity index is 1.44. The van der Waals surface area contributed by atoms with E-state index in [1.165, 1.54) is 35.2 Å². The normalized spacial score (nSPS) is 19.2. The Morgan fingerprint density at radius 2 is 2.23 bits per heavy atom. The molecule has 4 heterocycles. The summed E-state index contributed by atoms with van der Waals surface area (Å²) in [4.78, 5) is 30.3. The lowest BCUT2D eigenvalue weighted by atomic mass is 10.00. The van der Waals surface area contributed by atoms with Crippen LogP contribution in [-0.4, -0.2) is 73.1 Å². The first-order valence-corrected chi connectivity index (χ1v) is 9.38. The lowest BCUT2D eigenvalue weighted by Gasteiger charge is -2.21. The number of amides is 2. The van der Waals surface area contributed by atoms with Gasteiger partial charge in [-0.3, -0.25) is 4.90 Å². The van der Waals surface area contributed by atoms with Crippen molar-refractivity contribution >= 4 is 17.9 Å². The molecule has 2 aliphatic heterocycles. The molecular formula is C19H16FN7O4. The number of carbonyl (C=O) groups excluding carboxylic acids is 1. The van der Waals surface area contributed by atoms with Gasteiger partial charge in [0.1, 0.15) is 18.2 Å². The minimum Gasteiger partial charge on any atom is -0.465 e. The molecule has 0 bridgehead atoms. The van der Waals surface area contributed by atoms with Crippen molar-refractivity contribution < 1.29 is 23.8 Å². The number of rotatable bonds is 4. The number of carboxylic acid groups (broad SMARTS) is 1. The minimum atomic E-state index is -1.11. The fraction of sp³-hybridized carbons (Fsp3) is 0.263. The Bertz CT molecular complexity index is 1170.